The monoisotopic (exact) mass is 276 g/mol. The standard InChI is InChI=1S/C16H28N4/c1-5-17-13(2)14-8-9-18-16(11-14)20-10-6-7-15(20)12-19(3)4/h8-9,11,13,15,17H,5-7,10,12H2,1-4H3. The summed E-state index contributed by atoms with van der Waals surface area (Å²) in [6.07, 6.45) is 4.49. The van der Waals surface area contributed by atoms with E-state index in [1.807, 2.05) is 6.20 Å². The molecule has 112 valence electrons. The number of nitrogens with one attached hydrogen (secondary N) is 1. The Kier molecular flexibility index (Phi) is 5.38. The zero-order valence-electron chi connectivity index (χ0n) is 13.3. The summed E-state index contributed by atoms with van der Waals surface area (Å²) in [6, 6.07) is 5.36. The van der Waals surface area contributed by atoms with Gasteiger partial charge in [0.25, 0.3) is 0 Å². The number of likely N-dealkylation sites (N-methyl/N-ethyl adjacent to an activating group) is 1. The Labute approximate surface area is 123 Å². The van der Waals surface area contributed by atoms with Crippen LogP contribution in [-0.2, 0) is 0 Å². The van der Waals surface area contributed by atoms with Gasteiger partial charge in [-0.1, -0.05) is 6.92 Å². The molecule has 2 rings (SSSR count). The molecule has 1 aliphatic heterocycles. The third-order valence-corrected chi connectivity index (χ3v) is 4.03. The number of pyridine rings is 1. The van der Waals surface area contributed by atoms with Gasteiger partial charge in [0.05, 0.1) is 0 Å². The van der Waals surface area contributed by atoms with Crippen molar-refractivity contribution < 1.29 is 0 Å². The highest BCUT2D eigenvalue weighted by Gasteiger charge is 2.26. The van der Waals surface area contributed by atoms with Gasteiger partial charge in [-0.15, -0.1) is 0 Å². The van der Waals surface area contributed by atoms with Gasteiger partial charge < -0.3 is 15.1 Å². The molecule has 0 spiro atoms. The van der Waals surface area contributed by atoms with Gasteiger partial charge in [0.2, 0.25) is 0 Å². The summed E-state index contributed by atoms with van der Waals surface area (Å²) in [5, 5.41) is 3.47. The van der Waals surface area contributed by atoms with Crippen molar-refractivity contribution in [3.8, 4) is 0 Å². The molecular formula is C16H28N4. The fraction of sp³-hybridized carbons (Fsp3) is 0.688. The molecule has 1 aromatic rings. The zero-order chi connectivity index (χ0) is 14.5. The molecule has 0 amide bonds. The van der Waals surface area contributed by atoms with Crippen molar-refractivity contribution in [3.05, 3.63) is 23.9 Å². The van der Waals surface area contributed by atoms with Crippen molar-refractivity contribution in [1.29, 1.82) is 0 Å². The van der Waals surface area contributed by atoms with Crippen molar-refractivity contribution in [3.63, 3.8) is 0 Å². The SMILES string of the molecule is CCNC(C)c1ccnc(N2CCCC2CN(C)C)c1. The van der Waals surface area contributed by atoms with Gasteiger partial charge in [-0.3, -0.25) is 0 Å². The van der Waals surface area contributed by atoms with E-state index in [0.717, 1.165) is 25.5 Å². The maximum absolute atomic E-state index is 4.60. The van der Waals surface area contributed by atoms with Crippen molar-refractivity contribution in [2.45, 2.75) is 38.8 Å². The predicted octanol–water partition coefficient (Wildman–Crippen LogP) is 2.28. The van der Waals surface area contributed by atoms with Gasteiger partial charge in [-0.2, -0.15) is 0 Å². The van der Waals surface area contributed by atoms with E-state index in [0.29, 0.717) is 12.1 Å². The maximum Gasteiger partial charge on any atom is 0.129 e. The third-order valence-electron chi connectivity index (χ3n) is 4.03. The van der Waals surface area contributed by atoms with Gasteiger partial charge in [-0.05, 0) is 58.1 Å². The number of aromatic nitrogens is 1. The Morgan fingerprint density at radius 1 is 1.50 bits per heavy atom. The molecule has 20 heavy (non-hydrogen) atoms. The molecule has 2 heterocycles. The second kappa shape index (κ2) is 7.04. The lowest BCUT2D eigenvalue weighted by molar-refractivity contribution is 0.371. The minimum absolute atomic E-state index is 0.386. The highest BCUT2D eigenvalue weighted by atomic mass is 15.3. The Hall–Kier alpha value is -1.13. The maximum atomic E-state index is 4.60. The molecule has 2 atom stereocenters. The molecule has 1 saturated heterocycles. The van der Waals surface area contributed by atoms with Crippen LogP contribution in [0, 0.1) is 0 Å². The summed E-state index contributed by atoms with van der Waals surface area (Å²) < 4.78 is 0. The second-order valence-corrected chi connectivity index (χ2v) is 5.98. The van der Waals surface area contributed by atoms with Crippen molar-refractivity contribution in [2.75, 3.05) is 38.6 Å². The van der Waals surface area contributed by atoms with Crippen LogP contribution in [0.1, 0.15) is 38.3 Å². The lowest BCUT2D eigenvalue weighted by Crippen LogP contribution is -2.38. The molecule has 4 heteroatoms. The molecule has 1 N–H and O–H groups in total. The van der Waals surface area contributed by atoms with Crippen LogP contribution in [0.3, 0.4) is 0 Å². The fourth-order valence-corrected chi connectivity index (χ4v) is 3.03. The first-order chi connectivity index (χ1) is 9.61. The smallest absolute Gasteiger partial charge is 0.129 e. The number of rotatable bonds is 6. The number of nitrogens with zero attached hydrogens (tertiary/aromatic N) is 3. The van der Waals surface area contributed by atoms with Crippen LogP contribution >= 0.6 is 0 Å². The summed E-state index contributed by atoms with van der Waals surface area (Å²) in [7, 11) is 4.29. The third kappa shape index (κ3) is 3.70. The van der Waals surface area contributed by atoms with E-state index in [1.54, 1.807) is 0 Å². The molecule has 0 saturated carbocycles. The minimum atomic E-state index is 0.386. The average Bonchev–Trinajstić information content (AvgIpc) is 2.86. The van der Waals surface area contributed by atoms with Crippen LogP contribution in [0.4, 0.5) is 5.82 Å². The molecule has 1 aliphatic rings. The van der Waals surface area contributed by atoms with Crippen LogP contribution in [0.2, 0.25) is 0 Å². The normalized spacial score (nSPS) is 20.6. The summed E-state index contributed by atoms with van der Waals surface area (Å²) in [4.78, 5) is 9.35. The molecular weight excluding hydrogens is 248 g/mol. The molecule has 1 fully saturated rings. The highest BCUT2D eigenvalue weighted by molar-refractivity contribution is 5.44. The lowest BCUT2D eigenvalue weighted by atomic mass is 10.1. The lowest BCUT2D eigenvalue weighted by Gasteiger charge is -2.28. The van der Waals surface area contributed by atoms with Crippen LogP contribution in [0.5, 0.6) is 0 Å². The van der Waals surface area contributed by atoms with Crippen LogP contribution in [0.15, 0.2) is 18.3 Å². The van der Waals surface area contributed by atoms with Gasteiger partial charge in [0.1, 0.15) is 5.82 Å². The first kappa shape index (κ1) is 15.3. The number of hydrogen-bond donors (Lipinski definition) is 1. The average molecular weight is 276 g/mol. The van der Waals surface area contributed by atoms with E-state index in [-0.39, 0.29) is 0 Å². The van der Waals surface area contributed by atoms with Crippen LogP contribution in [-0.4, -0.2) is 49.7 Å². The molecule has 0 radical (unpaired) electrons. The largest absolute Gasteiger partial charge is 0.352 e. The van der Waals surface area contributed by atoms with Gasteiger partial charge in [0.15, 0.2) is 0 Å². The molecule has 4 nitrogen and oxygen atoms in total. The Morgan fingerprint density at radius 2 is 2.30 bits per heavy atom. The number of anilines is 1. The van der Waals surface area contributed by atoms with Crippen molar-refractivity contribution >= 4 is 5.82 Å². The topological polar surface area (TPSA) is 31.4 Å². The summed E-state index contributed by atoms with van der Waals surface area (Å²) >= 11 is 0. The number of hydrogen-bond acceptors (Lipinski definition) is 4. The first-order valence-electron chi connectivity index (χ1n) is 7.72. The second-order valence-electron chi connectivity index (χ2n) is 5.98. The minimum Gasteiger partial charge on any atom is -0.352 e. The van der Waals surface area contributed by atoms with Gasteiger partial charge in [0, 0.05) is 31.4 Å². The Balaban J connectivity index is 2.13. The van der Waals surface area contributed by atoms with Crippen molar-refractivity contribution in [2.24, 2.45) is 0 Å². The Morgan fingerprint density at radius 3 is 3.00 bits per heavy atom. The zero-order valence-corrected chi connectivity index (χ0v) is 13.3. The molecule has 1 aromatic heterocycles. The predicted molar refractivity (Wildman–Crippen MR) is 85.3 cm³/mol. The first-order valence-corrected chi connectivity index (χ1v) is 7.72. The van der Waals surface area contributed by atoms with E-state index in [2.05, 4.69) is 60.2 Å². The van der Waals surface area contributed by atoms with Crippen LogP contribution < -0.4 is 10.2 Å². The van der Waals surface area contributed by atoms with E-state index in [1.165, 1.54) is 18.4 Å². The molecule has 0 aliphatic carbocycles. The van der Waals surface area contributed by atoms with E-state index >= 15 is 0 Å². The van der Waals surface area contributed by atoms with Gasteiger partial charge >= 0.3 is 0 Å². The highest BCUT2D eigenvalue weighted by Crippen LogP contribution is 2.26. The quantitative estimate of drug-likeness (QED) is 0.864. The molecule has 0 aromatic carbocycles. The Bertz CT molecular complexity index is 419. The summed E-state index contributed by atoms with van der Waals surface area (Å²) in [5.74, 6) is 1.14. The summed E-state index contributed by atoms with van der Waals surface area (Å²) in [6.45, 7) is 7.58. The van der Waals surface area contributed by atoms with E-state index in [9.17, 15) is 0 Å². The van der Waals surface area contributed by atoms with Crippen LogP contribution in [0.25, 0.3) is 0 Å². The van der Waals surface area contributed by atoms with E-state index < -0.39 is 0 Å². The van der Waals surface area contributed by atoms with Crippen molar-refractivity contribution in [1.82, 2.24) is 15.2 Å². The summed E-state index contributed by atoms with van der Waals surface area (Å²) in [5.41, 5.74) is 1.33. The molecule has 2 unspecified atom stereocenters. The van der Waals surface area contributed by atoms with Gasteiger partial charge in [-0.25, -0.2) is 4.98 Å². The molecule has 0 bridgehead atoms. The van der Waals surface area contributed by atoms with E-state index in [4.69, 9.17) is 0 Å². The fourth-order valence-electron chi connectivity index (χ4n) is 3.03.